The summed E-state index contributed by atoms with van der Waals surface area (Å²) in [6.07, 6.45) is 0.480. The SMILES string of the molecule is CCC(=O)Nc1ccc(NC(C)c2ccc(Cl)cc2)cc1. The lowest BCUT2D eigenvalue weighted by Gasteiger charge is -2.16. The van der Waals surface area contributed by atoms with Crippen LogP contribution in [-0.2, 0) is 4.79 Å². The van der Waals surface area contributed by atoms with E-state index in [1.165, 1.54) is 5.56 Å². The molecule has 0 aromatic heterocycles. The van der Waals surface area contributed by atoms with E-state index in [0.717, 1.165) is 16.4 Å². The summed E-state index contributed by atoms with van der Waals surface area (Å²) in [6, 6.07) is 15.7. The van der Waals surface area contributed by atoms with Crippen molar-refractivity contribution in [3.63, 3.8) is 0 Å². The number of hydrogen-bond donors (Lipinski definition) is 2. The van der Waals surface area contributed by atoms with Crippen molar-refractivity contribution < 1.29 is 4.79 Å². The van der Waals surface area contributed by atoms with Gasteiger partial charge in [0.05, 0.1) is 0 Å². The normalized spacial score (nSPS) is 11.8. The van der Waals surface area contributed by atoms with Crippen molar-refractivity contribution in [3.05, 3.63) is 59.1 Å². The van der Waals surface area contributed by atoms with E-state index >= 15 is 0 Å². The van der Waals surface area contributed by atoms with Crippen LogP contribution >= 0.6 is 11.6 Å². The Bertz CT molecular complexity index is 593. The van der Waals surface area contributed by atoms with E-state index in [1.54, 1.807) is 0 Å². The predicted molar refractivity (Wildman–Crippen MR) is 88.9 cm³/mol. The molecular weight excluding hydrogens is 284 g/mol. The Morgan fingerprint density at radius 1 is 1.05 bits per heavy atom. The number of benzene rings is 2. The Morgan fingerprint density at radius 3 is 2.19 bits per heavy atom. The van der Waals surface area contributed by atoms with Crippen molar-refractivity contribution in [1.29, 1.82) is 0 Å². The van der Waals surface area contributed by atoms with E-state index in [4.69, 9.17) is 11.6 Å². The predicted octanol–water partition coefficient (Wildman–Crippen LogP) is 4.86. The first kappa shape index (κ1) is 15.4. The molecule has 0 bridgehead atoms. The minimum Gasteiger partial charge on any atom is -0.379 e. The van der Waals surface area contributed by atoms with Crippen LogP contribution in [0.4, 0.5) is 11.4 Å². The number of rotatable bonds is 5. The highest BCUT2D eigenvalue weighted by molar-refractivity contribution is 6.30. The standard InChI is InChI=1S/C17H19ClN2O/c1-3-17(21)20-16-10-8-15(9-11-16)19-12(2)13-4-6-14(18)7-5-13/h4-12,19H,3H2,1-2H3,(H,20,21). The van der Waals surface area contributed by atoms with E-state index < -0.39 is 0 Å². The summed E-state index contributed by atoms with van der Waals surface area (Å²) in [7, 11) is 0. The topological polar surface area (TPSA) is 41.1 Å². The average molecular weight is 303 g/mol. The van der Waals surface area contributed by atoms with Gasteiger partial charge in [-0.15, -0.1) is 0 Å². The second kappa shape index (κ2) is 7.14. The number of amides is 1. The van der Waals surface area contributed by atoms with Gasteiger partial charge in [-0.3, -0.25) is 4.79 Å². The minimum atomic E-state index is 0.0187. The zero-order valence-electron chi connectivity index (χ0n) is 12.2. The Labute approximate surface area is 130 Å². The molecule has 0 fully saturated rings. The summed E-state index contributed by atoms with van der Waals surface area (Å²) in [5, 5.41) is 6.98. The van der Waals surface area contributed by atoms with E-state index in [-0.39, 0.29) is 11.9 Å². The maximum absolute atomic E-state index is 11.3. The molecule has 2 N–H and O–H groups in total. The molecule has 110 valence electrons. The van der Waals surface area contributed by atoms with Crippen molar-refractivity contribution in [3.8, 4) is 0 Å². The molecule has 1 amide bonds. The fourth-order valence-electron chi connectivity index (χ4n) is 1.98. The third-order valence-electron chi connectivity index (χ3n) is 3.24. The highest BCUT2D eigenvalue weighted by Crippen LogP contribution is 2.22. The molecule has 4 heteroatoms. The maximum atomic E-state index is 11.3. The Hall–Kier alpha value is -2.00. The molecular formula is C17H19ClN2O. The quantitative estimate of drug-likeness (QED) is 0.828. The van der Waals surface area contributed by atoms with Crippen LogP contribution < -0.4 is 10.6 Å². The number of carbonyl (C=O) groups excluding carboxylic acids is 1. The van der Waals surface area contributed by atoms with E-state index in [0.29, 0.717) is 6.42 Å². The second-order valence-corrected chi connectivity index (χ2v) is 5.33. The van der Waals surface area contributed by atoms with Gasteiger partial charge in [-0.05, 0) is 48.9 Å². The lowest BCUT2D eigenvalue weighted by molar-refractivity contribution is -0.115. The van der Waals surface area contributed by atoms with Crippen molar-refractivity contribution in [2.24, 2.45) is 0 Å². The first-order valence-corrected chi connectivity index (χ1v) is 7.38. The van der Waals surface area contributed by atoms with Gasteiger partial charge in [0.2, 0.25) is 5.91 Å². The van der Waals surface area contributed by atoms with Gasteiger partial charge in [0.25, 0.3) is 0 Å². The van der Waals surface area contributed by atoms with Gasteiger partial charge in [-0.1, -0.05) is 30.7 Å². The molecule has 21 heavy (non-hydrogen) atoms. The van der Waals surface area contributed by atoms with Gasteiger partial charge >= 0.3 is 0 Å². The Morgan fingerprint density at radius 2 is 1.62 bits per heavy atom. The Kier molecular flexibility index (Phi) is 5.23. The molecule has 0 saturated carbocycles. The van der Waals surface area contributed by atoms with Crippen LogP contribution in [-0.4, -0.2) is 5.91 Å². The highest BCUT2D eigenvalue weighted by atomic mass is 35.5. The summed E-state index contributed by atoms with van der Waals surface area (Å²) >= 11 is 5.89. The van der Waals surface area contributed by atoms with Crippen LogP contribution in [0.25, 0.3) is 0 Å². The van der Waals surface area contributed by atoms with Crippen molar-refractivity contribution in [2.75, 3.05) is 10.6 Å². The van der Waals surface area contributed by atoms with Crippen molar-refractivity contribution >= 4 is 28.9 Å². The molecule has 0 aliphatic heterocycles. The van der Waals surface area contributed by atoms with Gasteiger partial charge in [-0.2, -0.15) is 0 Å². The van der Waals surface area contributed by atoms with Crippen LogP contribution in [0.5, 0.6) is 0 Å². The maximum Gasteiger partial charge on any atom is 0.224 e. The first-order valence-electron chi connectivity index (χ1n) is 7.00. The number of halogens is 1. The van der Waals surface area contributed by atoms with E-state index in [1.807, 2.05) is 55.5 Å². The Balaban J connectivity index is 1.99. The number of anilines is 2. The van der Waals surface area contributed by atoms with Crippen molar-refractivity contribution in [1.82, 2.24) is 0 Å². The van der Waals surface area contributed by atoms with Gasteiger partial charge < -0.3 is 10.6 Å². The summed E-state index contributed by atoms with van der Waals surface area (Å²) in [5.41, 5.74) is 2.99. The van der Waals surface area contributed by atoms with Crippen molar-refractivity contribution in [2.45, 2.75) is 26.3 Å². The lowest BCUT2D eigenvalue weighted by Crippen LogP contribution is -2.10. The summed E-state index contributed by atoms with van der Waals surface area (Å²) in [5.74, 6) is 0.0187. The lowest BCUT2D eigenvalue weighted by atomic mass is 10.1. The molecule has 2 rings (SSSR count). The molecule has 1 atom stereocenters. The van der Waals surface area contributed by atoms with Crippen LogP contribution in [0, 0.1) is 0 Å². The zero-order chi connectivity index (χ0) is 15.2. The largest absolute Gasteiger partial charge is 0.379 e. The number of carbonyl (C=O) groups is 1. The van der Waals surface area contributed by atoms with Gasteiger partial charge in [0.15, 0.2) is 0 Å². The number of nitrogens with one attached hydrogen (secondary N) is 2. The molecule has 1 unspecified atom stereocenters. The van der Waals surface area contributed by atoms with Crippen LogP contribution in [0.2, 0.25) is 5.02 Å². The molecule has 2 aromatic rings. The fraction of sp³-hybridized carbons (Fsp3) is 0.235. The molecule has 0 aliphatic carbocycles. The van der Waals surface area contributed by atoms with E-state index in [9.17, 15) is 4.79 Å². The third-order valence-corrected chi connectivity index (χ3v) is 3.49. The van der Waals surface area contributed by atoms with Gasteiger partial charge in [0, 0.05) is 28.9 Å². The number of hydrogen-bond acceptors (Lipinski definition) is 2. The zero-order valence-corrected chi connectivity index (χ0v) is 12.9. The van der Waals surface area contributed by atoms with Gasteiger partial charge in [-0.25, -0.2) is 0 Å². The van der Waals surface area contributed by atoms with Crippen LogP contribution in [0.1, 0.15) is 31.9 Å². The molecule has 0 spiro atoms. The van der Waals surface area contributed by atoms with Crippen LogP contribution in [0.3, 0.4) is 0 Å². The molecule has 0 aliphatic rings. The first-order chi connectivity index (χ1) is 10.1. The van der Waals surface area contributed by atoms with E-state index in [2.05, 4.69) is 17.6 Å². The fourth-order valence-corrected chi connectivity index (χ4v) is 2.11. The smallest absolute Gasteiger partial charge is 0.224 e. The molecule has 0 saturated heterocycles. The summed E-state index contributed by atoms with van der Waals surface area (Å²) < 4.78 is 0. The molecule has 2 aromatic carbocycles. The third kappa shape index (κ3) is 4.50. The van der Waals surface area contributed by atoms with Crippen LogP contribution in [0.15, 0.2) is 48.5 Å². The average Bonchev–Trinajstić information content (AvgIpc) is 2.49. The van der Waals surface area contributed by atoms with Gasteiger partial charge in [0.1, 0.15) is 0 Å². The minimum absolute atomic E-state index is 0.0187. The summed E-state index contributed by atoms with van der Waals surface area (Å²) in [4.78, 5) is 11.3. The summed E-state index contributed by atoms with van der Waals surface area (Å²) in [6.45, 7) is 3.93. The monoisotopic (exact) mass is 302 g/mol. The molecule has 0 heterocycles. The molecule has 0 radical (unpaired) electrons. The second-order valence-electron chi connectivity index (χ2n) is 4.90. The highest BCUT2D eigenvalue weighted by Gasteiger charge is 2.05. The molecule has 3 nitrogen and oxygen atoms in total.